The number of nitrogens with one attached hydrogen (secondary N) is 1. The lowest BCUT2D eigenvalue weighted by atomic mass is 10.2. The van der Waals surface area contributed by atoms with Crippen molar-refractivity contribution in [3.8, 4) is 5.75 Å². The lowest BCUT2D eigenvalue weighted by molar-refractivity contribution is -0.128. The number of rotatable bonds is 9. The molecule has 2 aromatic carbocycles. The third kappa shape index (κ3) is 6.22. The van der Waals surface area contributed by atoms with Gasteiger partial charge in [0, 0.05) is 11.6 Å². The average Bonchev–Trinajstić information content (AvgIpc) is 2.60. The summed E-state index contributed by atoms with van der Waals surface area (Å²) in [5.74, 6) is 0.436. The number of halogens is 1. The van der Waals surface area contributed by atoms with E-state index < -0.39 is 6.10 Å². The number of hydrogen-bond acceptors (Lipinski definition) is 3. The number of carbonyl (C=O) groups excluding carboxylic acids is 1. The molecule has 2 aromatic rings. The monoisotopic (exact) mass is 347 g/mol. The number of hydrogen-bond donors (Lipinski definition) is 1. The van der Waals surface area contributed by atoms with Gasteiger partial charge in [0.25, 0.3) is 5.91 Å². The van der Waals surface area contributed by atoms with Gasteiger partial charge in [0.05, 0.1) is 13.2 Å². The SMILES string of the molecule is CC[C@@H](Oc1cccc(Cl)c1)C(=O)NCCOCc1ccccc1. The maximum absolute atomic E-state index is 12.2. The summed E-state index contributed by atoms with van der Waals surface area (Å²) >= 11 is 5.92. The van der Waals surface area contributed by atoms with Gasteiger partial charge in [-0.1, -0.05) is 54.9 Å². The fourth-order valence-corrected chi connectivity index (χ4v) is 2.33. The molecule has 0 spiro atoms. The fourth-order valence-electron chi connectivity index (χ4n) is 2.15. The van der Waals surface area contributed by atoms with Gasteiger partial charge in [-0.05, 0) is 30.2 Å². The highest BCUT2D eigenvalue weighted by Crippen LogP contribution is 2.19. The van der Waals surface area contributed by atoms with Crippen LogP contribution in [0, 0.1) is 0 Å². The van der Waals surface area contributed by atoms with Gasteiger partial charge >= 0.3 is 0 Å². The Bertz CT molecular complexity index is 634. The quantitative estimate of drug-likeness (QED) is 0.701. The Morgan fingerprint density at radius 2 is 1.96 bits per heavy atom. The van der Waals surface area contributed by atoms with Crippen LogP contribution in [0.15, 0.2) is 54.6 Å². The first-order valence-corrected chi connectivity index (χ1v) is 8.38. The van der Waals surface area contributed by atoms with Crippen LogP contribution in [0.1, 0.15) is 18.9 Å². The van der Waals surface area contributed by atoms with E-state index in [1.807, 2.05) is 37.3 Å². The second-order valence-corrected chi connectivity index (χ2v) is 5.74. The van der Waals surface area contributed by atoms with Crippen molar-refractivity contribution < 1.29 is 14.3 Å². The van der Waals surface area contributed by atoms with Crippen molar-refractivity contribution >= 4 is 17.5 Å². The molecule has 0 fully saturated rings. The van der Waals surface area contributed by atoms with Gasteiger partial charge in [0.1, 0.15) is 5.75 Å². The molecule has 4 nitrogen and oxygen atoms in total. The van der Waals surface area contributed by atoms with Crippen LogP contribution in [0.5, 0.6) is 5.75 Å². The summed E-state index contributed by atoms with van der Waals surface area (Å²) in [5.41, 5.74) is 1.11. The van der Waals surface area contributed by atoms with Crippen LogP contribution in [-0.4, -0.2) is 25.2 Å². The van der Waals surface area contributed by atoms with E-state index in [1.165, 1.54) is 0 Å². The van der Waals surface area contributed by atoms with Crippen LogP contribution in [0.2, 0.25) is 5.02 Å². The van der Waals surface area contributed by atoms with E-state index in [9.17, 15) is 4.79 Å². The van der Waals surface area contributed by atoms with E-state index in [0.717, 1.165) is 5.56 Å². The first-order valence-electron chi connectivity index (χ1n) is 8.00. The number of amides is 1. The minimum atomic E-state index is -0.544. The molecule has 0 bridgehead atoms. The molecule has 0 saturated carbocycles. The highest BCUT2D eigenvalue weighted by atomic mass is 35.5. The standard InChI is InChI=1S/C19H22ClNO3/c1-2-18(24-17-10-6-9-16(20)13-17)19(22)21-11-12-23-14-15-7-4-3-5-8-15/h3-10,13,18H,2,11-12,14H2,1H3,(H,21,22)/t18-/m1/s1. The molecule has 24 heavy (non-hydrogen) atoms. The molecule has 1 atom stereocenters. The van der Waals surface area contributed by atoms with Gasteiger partial charge in [-0.3, -0.25) is 4.79 Å². The van der Waals surface area contributed by atoms with Crippen LogP contribution < -0.4 is 10.1 Å². The van der Waals surface area contributed by atoms with Crippen LogP contribution in [0.25, 0.3) is 0 Å². The summed E-state index contributed by atoms with van der Waals surface area (Å²) in [6.07, 6.45) is 0.0287. The molecular formula is C19H22ClNO3. The first-order chi connectivity index (χ1) is 11.7. The molecular weight excluding hydrogens is 326 g/mol. The molecule has 1 N–H and O–H groups in total. The molecule has 0 unspecified atom stereocenters. The predicted octanol–water partition coefficient (Wildman–Crippen LogP) is 3.83. The highest BCUT2D eigenvalue weighted by Gasteiger charge is 2.17. The maximum Gasteiger partial charge on any atom is 0.261 e. The van der Waals surface area contributed by atoms with Gasteiger partial charge < -0.3 is 14.8 Å². The topological polar surface area (TPSA) is 47.6 Å². The second-order valence-electron chi connectivity index (χ2n) is 5.30. The number of ether oxygens (including phenoxy) is 2. The summed E-state index contributed by atoms with van der Waals surface area (Å²) < 4.78 is 11.2. The zero-order chi connectivity index (χ0) is 17.2. The summed E-state index contributed by atoms with van der Waals surface area (Å²) in [6.45, 7) is 3.34. The van der Waals surface area contributed by atoms with Crippen molar-refractivity contribution in [3.63, 3.8) is 0 Å². The van der Waals surface area contributed by atoms with E-state index in [4.69, 9.17) is 21.1 Å². The lowest BCUT2D eigenvalue weighted by Crippen LogP contribution is -2.39. The zero-order valence-corrected chi connectivity index (χ0v) is 14.5. The smallest absolute Gasteiger partial charge is 0.261 e. The van der Waals surface area contributed by atoms with Crippen LogP contribution in [-0.2, 0) is 16.1 Å². The van der Waals surface area contributed by atoms with Crippen molar-refractivity contribution in [3.05, 3.63) is 65.2 Å². The third-order valence-corrected chi connectivity index (χ3v) is 3.63. The van der Waals surface area contributed by atoms with Crippen LogP contribution >= 0.6 is 11.6 Å². The Balaban J connectivity index is 1.70. The minimum absolute atomic E-state index is 0.152. The summed E-state index contributed by atoms with van der Waals surface area (Å²) in [6, 6.07) is 17.0. The molecule has 2 rings (SSSR count). The minimum Gasteiger partial charge on any atom is -0.481 e. The van der Waals surface area contributed by atoms with Gasteiger partial charge in [-0.15, -0.1) is 0 Å². The van der Waals surface area contributed by atoms with Crippen molar-refractivity contribution in [2.75, 3.05) is 13.2 Å². The van der Waals surface area contributed by atoms with E-state index in [1.54, 1.807) is 24.3 Å². The van der Waals surface area contributed by atoms with E-state index in [2.05, 4.69) is 5.32 Å². The molecule has 5 heteroatoms. The summed E-state index contributed by atoms with van der Waals surface area (Å²) in [4.78, 5) is 12.2. The molecule has 0 aliphatic heterocycles. The van der Waals surface area contributed by atoms with Gasteiger partial charge in [0.2, 0.25) is 0 Å². The molecule has 0 aromatic heterocycles. The molecule has 128 valence electrons. The van der Waals surface area contributed by atoms with Crippen molar-refractivity contribution in [1.82, 2.24) is 5.32 Å². The largest absolute Gasteiger partial charge is 0.481 e. The number of benzene rings is 2. The Kier molecular flexibility index (Phi) is 7.59. The molecule has 0 radical (unpaired) electrons. The molecule has 1 amide bonds. The molecule has 0 aliphatic rings. The van der Waals surface area contributed by atoms with Crippen LogP contribution in [0.3, 0.4) is 0 Å². The van der Waals surface area contributed by atoms with Gasteiger partial charge in [-0.2, -0.15) is 0 Å². The second kappa shape index (κ2) is 9.96. The van der Waals surface area contributed by atoms with Crippen molar-refractivity contribution in [2.45, 2.75) is 26.1 Å². The fraction of sp³-hybridized carbons (Fsp3) is 0.316. The maximum atomic E-state index is 12.2. The Morgan fingerprint density at radius 3 is 2.67 bits per heavy atom. The first kappa shape index (κ1) is 18.3. The number of carbonyl (C=O) groups is 1. The van der Waals surface area contributed by atoms with Crippen molar-refractivity contribution in [2.24, 2.45) is 0 Å². The normalized spacial score (nSPS) is 11.8. The Hall–Kier alpha value is -2.04. The Labute approximate surface area is 147 Å². The van der Waals surface area contributed by atoms with E-state index in [0.29, 0.717) is 37.0 Å². The Morgan fingerprint density at radius 1 is 1.17 bits per heavy atom. The summed E-state index contributed by atoms with van der Waals surface area (Å²) in [5, 5.41) is 3.41. The van der Waals surface area contributed by atoms with Gasteiger partial charge in [-0.25, -0.2) is 0 Å². The molecule has 0 saturated heterocycles. The highest BCUT2D eigenvalue weighted by molar-refractivity contribution is 6.30. The summed E-state index contributed by atoms with van der Waals surface area (Å²) in [7, 11) is 0. The lowest BCUT2D eigenvalue weighted by Gasteiger charge is -2.17. The van der Waals surface area contributed by atoms with Crippen molar-refractivity contribution in [1.29, 1.82) is 0 Å². The van der Waals surface area contributed by atoms with Crippen LogP contribution in [0.4, 0.5) is 0 Å². The third-order valence-electron chi connectivity index (χ3n) is 3.39. The predicted molar refractivity (Wildman–Crippen MR) is 95.3 cm³/mol. The average molecular weight is 348 g/mol. The van der Waals surface area contributed by atoms with Gasteiger partial charge in [0.15, 0.2) is 6.10 Å². The molecule has 0 heterocycles. The molecule has 0 aliphatic carbocycles. The van der Waals surface area contributed by atoms with E-state index in [-0.39, 0.29) is 5.91 Å². The van der Waals surface area contributed by atoms with E-state index >= 15 is 0 Å². The zero-order valence-electron chi connectivity index (χ0n) is 13.7.